The van der Waals surface area contributed by atoms with Crippen LogP contribution in [0.5, 0.6) is 0 Å². The third-order valence-corrected chi connectivity index (χ3v) is 4.73. The summed E-state index contributed by atoms with van der Waals surface area (Å²) in [4.78, 5) is 9.39. The Hall–Kier alpha value is -1.19. The fourth-order valence-corrected chi connectivity index (χ4v) is 3.50. The highest BCUT2D eigenvalue weighted by molar-refractivity contribution is 5.09. The normalized spacial score (nSPS) is 24.9. The molecule has 1 aliphatic heterocycles. The Morgan fingerprint density at radius 1 is 1.00 bits per heavy atom. The van der Waals surface area contributed by atoms with E-state index in [0.717, 1.165) is 12.5 Å². The summed E-state index contributed by atoms with van der Waals surface area (Å²) in [6.45, 7) is 7.29. The number of allylic oxidation sites excluding steroid dienone is 2. The molecule has 0 radical (unpaired) electrons. The average molecular weight is 285 g/mol. The zero-order chi connectivity index (χ0) is 14.3. The van der Waals surface area contributed by atoms with Gasteiger partial charge in [-0.3, -0.25) is 9.88 Å². The topological polar surface area (TPSA) is 19.4 Å². The average Bonchev–Trinajstić information content (AvgIpc) is 2.75. The van der Waals surface area contributed by atoms with Crippen molar-refractivity contribution in [3.05, 3.63) is 42.2 Å². The molecule has 1 aromatic rings. The van der Waals surface area contributed by atoms with Crippen molar-refractivity contribution in [3.63, 3.8) is 0 Å². The summed E-state index contributed by atoms with van der Waals surface area (Å²) in [5.74, 6) is 0.891. The molecule has 0 aromatic carbocycles. The molecular weight excluding hydrogens is 258 g/mol. The van der Waals surface area contributed by atoms with Gasteiger partial charge in [-0.2, -0.15) is 0 Å². The molecule has 21 heavy (non-hydrogen) atoms. The molecule has 0 unspecified atom stereocenters. The second kappa shape index (κ2) is 7.71. The Labute approximate surface area is 128 Å². The lowest BCUT2D eigenvalue weighted by Crippen LogP contribution is -2.34. The first-order valence-corrected chi connectivity index (χ1v) is 8.39. The van der Waals surface area contributed by atoms with Gasteiger partial charge in [0.05, 0.1) is 0 Å². The van der Waals surface area contributed by atoms with E-state index in [9.17, 15) is 0 Å². The van der Waals surface area contributed by atoms with Crippen molar-refractivity contribution >= 4 is 0 Å². The molecule has 2 aliphatic rings. The van der Waals surface area contributed by atoms with Gasteiger partial charge in [-0.25, -0.2) is 0 Å². The smallest absolute Gasteiger partial charge is 0.0271 e. The van der Waals surface area contributed by atoms with Gasteiger partial charge in [0.25, 0.3) is 0 Å². The highest BCUT2D eigenvalue weighted by atomic mass is 15.2. The van der Waals surface area contributed by atoms with Crippen LogP contribution in [-0.4, -0.2) is 47.5 Å². The lowest BCUT2D eigenvalue weighted by Gasteiger charge is -2.27. The van der Waals surface area contributed by atoms with Crippen LogP contribution in [0.4, 0.5) is 0 Å². The van der Waals surface area contributed by atoms with E-state index in [4.69, 9.17) is 0 Å². The van der Waals surface area contributed by atoms with Crippen LogP contribution in [0.25, 0.3) is 0 Å². The van der Waals surface area contributed by atoms with Crippen molar-refractivity contribution in [1.29, 1.82) is 0 Å². The summed E-state index contributed by atoms with van der Waals surface area (Å²) in [6, 6.07) is 4.27. The van der Waals surface area contributed by atoms with E-state index in [1.807, 2.05) is 12.4 Å². The van der Waals surface area contributed by atoms with Crippen molar-refractivity contribution in [1.82, 2.24) is 14.8 Å². The standard InChI is InChI=1S/C18H27N3/c1-2-5-17(6-3-1)15-20-11-4-12-21(14-13-20)16-18-7-9-19-10-8-18/h1-2,7-10,17H,3-6,11-16H2/t17-/m1/s1. The Balaban J connectivity index is 1.46. The van der Waals surface area contributed by atoms with Gasteiger partial charge in [-0.05, 0) is 62.4 Å². The van der Waals surface area contributed by atoms with E-state index in [1.54, 1.807) is 0 Å². The van der Waals surface area contributed by atoms with Gasteiger partial charge >= 0.3 is 0 Å². The summed E-state index contributed by atoms with van der Waals surface area (Å²) in [6.07, 6.45) is 13.8. The summed E-state index contributed by atoms with van der Waals surface area (Å²) in [5, 5.41) is 0. The maximum absolute atomic E-state index is 4.10. The molecule has 0 saturated carbocycles. The third kappa shape index (κ3) is 4.65. The minimum Gasteiger partial charge on any atom is -0.302 e. The Kier molecular flexibility index (Phi) is 5.41. The summed E-state index contributed by atoms with van der Waals surface area (Å²) < 4.78 is 0. The van der Waals surface area contributed by atoms with Crippen LogP contribution < -0.4 is 0 Å². The fourth-order valence-electron chi connectivity index (χ4n) is 3.50. The summed E-state index contributed by atoms with van der Waals surface area (Å²) in [7, 11) is 0. The fraction of sp³-hybridized carbons (Fsp3) is 0.611. The molecule has 1 fully saturated rings. The van der Waals surface area contributed by atoms with Crippen LogP contribution in [-0.2, 0) is 6.54 Å². The van der Waals surface area contributed by atoms with E-state index in [2.05, 4.69) is 39.1 Å². The quantitative estimate of drug-likeness (QED) is 0.793. The van der Waals surface area contributed by atoms with Gasteiger partial charge in [-0.1, -0.05) is 12.2 Å². The van der Waals surface area contributed by atoms with E-state index in [-0.39, 0.29) is 0 Å². The van der Waals surface area contributed by atoms with Crippen LogP contribution in [0.2, 0.25) is 0 Å². The molecule has 1 atom stereocenters. The maximum Gasteiger partial charge on any atom is 0.0271 e. The minimum atomic E-state index is 0.891. The molecule has 114 valence electrons. The van der Waals surface area contributed by atoms with Crippen LogP contribution in [0.1, 0.15) is 31.2 Å². The molecule has 3 nitrogen and oxygen atoms in total. The van der Waals surface area contributed by atoms with Crippen LogP contribution in [0.3, 0.4) is 0 Å². The van der Waals surface area contributed by atoms with Gasteiger partial charge in [0.2, 0.25) is 0 Å². The molecular formula is C18H27N3. The lowest BCUT2D eigenvalue weighted by molar-refractivity contribution is 0.219. The molecule has 3 rings (SSSR count). The zero-order valence-electron chi connectivity index (χ0n) is 13.0. The predicted molar refractivity (Wildman–Crippen MR) is 87.1 cm³/mol. The van der Waals surface area contributed by atoms with Crippen LogP contribution in [0, 0.1) is 5.92 Å². The van der Waals surface area contributed by atoms with Crippen molar-refractivity contribution in [2.24, 2.45) is 5.92 Å². The van der Waals surface area contributed by atoms with Gasteiger partial charge < -0.3 is 4.90 Å². The number of pyridine rings is 1. The van der Waals surface area contributed by atoms with Crippen molar-refractivity contribution in [2.45, 2.75) is 32.2 Å². The largest absolute Gasteiger partial charge is 0.302 e. The molecule has 0 bridgehead atoms. The molecule has 0 amide bonds. The summed E-state index contributed by atoms with van der Waals surface area (Å²) >= 11 is 0. The number of hydrogen-bond acceptors (Lipinski definition) is 3. The second-order valence-corrected chi connectivity index (χ2v) is 6.44. The molecule has 2 heterocycles. The van der Waals surface area contributed by atoms with Crippen molar-refractivity contribution < 1.29 is 0 Å². The van der Waals surface area contributed by atoms with Gasteiger partial charge in [0, 0.05) is 38.6 Å². The van der Waals surface area contributed by atoms with E-state index >= 15 is 0 Å². The Morgan fingerprint density at radius 3 is 2.62 bits per heavy atom. The first kappa shape index (κ1) is 14.7. The lowest BCUT2D eigenvalue weighted by atomic mass is 9.94. The molecule has 1 aliphatic carbocycles. The predicted octanol–water partition coefficient (Wildman–Crippen LogP) is 2.95. The van der Waals surface area contributed by atoms with Gasteiger partial charge in [0.15, 0.2) is 0 Å². The number of hydrogen-bond donors (Lipinski definition) is 0. The van der Waals surface area contributed by atoms with E-state index < -0.39 is 0 Å². The number of aromatic nitrogens is 1. The number of nitrogens with zero attached hydrogens (tertiary/aromatic N) is 3. The highest BCUT2D eigenvalue weighted by Gasteiger charge is 2.18. The number of rotatable bonds is 4. The zero-order valence-corrected chi connectivity index (χ0v) is 13.0. The molecule has 1 aromatic heterocycles. The first-order chi connectivity index (χ1) is 10.4. The van der Waals surface area contributed by atoms with E-state index in [0.29, 0.717) is 0 Å². The molecule has 0 spiro atoms. The third-order valence-electron chi connectivity index (χ3n) is 4.73. The highest BCUT2D eigenvalue weighted by Crippen LogP contribution is 2.20. The SMILES string of the molecule is C1=CC[C@@H](CN2CCCN(Cc3ccncc3)CC2)CC1. The van der Waals surface area contributed by atoms with Gasteiger partial charge in [-0.15, -0.1) is 0 Å². The van der Waals surface area contributed by atoms with Crippen LogP contribution >= 0.6 is 0 Å². The second-order valence-electron chi connectivity index (χ2n) is 6.44. The van der Waals surface area contributed by atoms with Crippen molar-refractivity contribution in [3.8, 4) is 0 Å². The molecule has 1 saturated heterocycles. The molecule has 0 N–H and O–H groups in total. The van der Waals surface area contributed by atoms with Crippen molar-refractivity contribution in [2.75, 3.05) is 32.7 Å². The Morgan fingerprint density at radius 2 is 1.81 bits per heavy atom. The minimum absolute atomic E-state index is 0.891. The maximum atomic E-state index is 4.10. The van der Waals surface area contributed by atoms with Crippen LogP contribution in [0.15, 0.2) is 36.7 Å². The van der Waals surface area contributed by atoms with E-state index in [1.165, 1.54) is 64.0 Å². The van der Waals surface area contributed by atoms with Gasteiger partial charge in [0.1, 0.15) is 0 Å². The monoisotopic (exact) mass is 285 g/mol. The molecule has 3 heteroatoms. The first-order valence-electron chi connectivity index (χ1n) is 8.39. The Bertz CT molecular complexity index is 443. The summed E-state index contributed by atoms with van der Waals surface area (Å²) in [5.41, 5.74) is 1.39.